The molecule has 1 fully saturated rings. The largest absolute Gasteiger partial charge is 0.378 e. The van der Waals surface area contributed by atoms with Gasteiger partial charge in [0.2, 0.25) is 0 Å². The van der Waals surface area contributed by atoms with E-state index in [0.717, 1.165) is 38.0 Å². The summed E-state index contributed by atoms with van der Waals surface area (Å²) in [5.74, 6) is 0. The van der Waals surface area contributed by atoms with Gasteiger partial charge in [0.1, 0.15) is 0 Å². The standard InChI is InChI=1S/C17H27BrN2O/c1-4-5-15-10-17(11-19,6-7-21-15)20-14-8-12(2)16(18)13(3)9-14/h8-9,15,20H,4-7,10-11,19H2,1-3H3. The number of hydrogen-bond acceptors (Lipinski definition) is 3. The Morgan fingerprint density at radius 3 is 2.62 bits per heavy atom. The first-order valence-corrected chi connectivity index (χ1v) is 8.65. The van der Waals surface area contributed by atoms with Gasteiger partial charge < -0.3 is 15.8 Å². The van der Waals surface area contributed by atoms with Crippen molar-refractivity contribution in [1.82, 2.24) is 0 Å². The molecule has 0 aliphatic carbocycles. The molecule has 4 heteroatoms. The second-order valence-electron chi connectivity index (χ2n) is 6.27. The quantitative estimate of drug-likeness (QED) is 0.834. The van der Waals surface area contributed by atoms with Gasteiger partial charge in [0.15, 0.2) is 0 Å². The fourth-order valence-corrected chi connectivity index (χ4v) is 3.43. The first-order valence-electron chi connectivity index (χ1n) is 7.86. The van der Waals surface area contributed by atoms with E-state index in [0.29, 0.717) is 12.6 Å². The summed E-state index contributed by atoms with van der Waals surface area (Å²) in [5, 5.41) is 3.72. The maximum absolute atomic E-state index is 6.12. The molecular formula is C17H27BrN2O. The second kappa shape index (κ2) is 7.12. The average Bonchev–Trinajstić information content (AvgIpc) is 2.45. The van der Waals surface area contributed by atoms with E-state index in [1.807, 2.05) is 0 Å². The predicted molar refractivity (Wildman–Crippen MR) is 92.9 cm³/mol. The van der Waals surface area contributed by atoms with Crippen LogP contribution < -0.4 is 11.1 Å². The first-order chi connectivity index (χ1) is 9.99. The lowest BCUT2D eigenvalue weighted by atomic mass is 9.85. The molecule has 0 saturated carbocycles. The second-order valence-corrected chi connectivity index (χ2v) is 7.06. The molecule has 0 radical (unpaired) electrons. The summed E-state index contributed by atoms with van der Waals surface area (Å²) in [4.78, 5) is 0. The van der Waals surface area contributed by atoms with Gasteiger partial charge in [-0.3, -0.25) is 0 Å². The molecule has 2 atom stereocenters. The van der Waals surface area contributed by atoms with Crippen LogP contribution in [0.25, 0.3) is 0 Å². The van der Waals surface area contributed by atoms with E-state index in [1.54, 1.807) is 0 Å². The van der Waals surface area contributed by atoms with Crippen molar-refractivity contribution in [2.24, 2.45) is 5.73 Å². The lowest BCUT2D eigenvalue weighted by Gasteiger charge is -2.41. The summed E-state index contributed by atoms with van der Waals surface area (Å²) >= 11 is 3.63. The smallest absolute Gasteiger partial charge is 0.0597 e. The van der Waals surface area contributed by atoms with Gasteiger partial charge in [-0.15, -0.1) is 0 Å². The summed E-state index contributed by atoms with van der Waals surface area (Å²) in [6.07, 6.45) is 4.56. The van der Waals surface area contributed by atoms with Gasteiger partial charge in [0.05, 0.1) is 11.6 Å². The molecule has 2 unspecified atom stereocenters. The molecule has 0 spiro atoms. The van der Waals surface area contributed by atoms with E-state index in [-0.39, 0.29) is 5.54 Å². The topological polar surface area (TPSA) is 47.3 Å². The van der Waals surface area contributed by atoms with Crippen LogP contribution in [0, 0.1) is 13.8 Å². The highest BCUT2D eigenvalue weighted by atomic mass is 79.9. The van der Waals surface area contributed by atoms with Crippen molar-refractivity contribution in [2.45, 2.75) is 58.1 Å². The number of benzene rings is 1. The Morgan fingerprint density at radius 2 is 2.05 bits per heavy atom. The molecule has 2 rings (SSSR count). The molecule has 118 valence electrons. The van der Waals surface area contributed by atoms with Crippen LogP contribution in [0.15, 0.2) is 16.6 Å². The minimum absolute atomic E-state index is 0.0369. The molecule has 0 bridgehead atoms. The van der Waals surface area contributed by atoms with Crippen LogP contribution in [-0.2, 0) is 4.74 Å². The third-order valence-electron chi connectivity index (χ3n) is 4.40. The number of nitrogens with one attached hydrogen (secondary N) is 1. The average molecular weight is 355 g/mol. The molecule has 3 N–H and O–H groups in total. The number of rotatable bonds is 5. The van der Waals surface area contributed by atoms with Crippen molar-refractivity contribution >= 4 is 21.6 Å². The molecule has 0 aromatic heterocycles. The van der Waals surface area contributed by atoms with E-state index in [1.165, 1.54) is 15.6 Å². The Hall–Kier alpha value is -0.580. The number of halogens is 1. The molecule has 1 aliphatic heterocycles. The maximum atomic E-state index is 6.12. The zero-order chi connectivity index (χ0) is 15.5. The molecule has 1 aliphatic rings. The Balaban J connectivity index is 2.18. The van der Waals surface area contributed by atoms with Gasteiger partial charge in [-0.2, -0.15) is 0 Å². The van der Waals surface area contributed by atoms with Gasteiger partial charge in [0.25, 0.3) is 0 Å². The minimum atomic E-state index is -0.0369. The maximum Gasteiger partial charge on any atom is 0.0597 e. The van der Waals surface area contributed by atoms with Gasteiger partial charge in [0, 0.05) is 23.3 Å². The third kappa shape index (κ3) is 3.99. The Bertz CT molecular complexity index is 467. The van der Waals surface area contributed by atoms with Crippen molar-refractivity contribution in [1.29, 1.82) is 0 Å². The Kier molecular flexibility index (Phi) is 5.69. The van der Waals surface area contributed by atoms with Gasteiger partial charge >= 0.3 is 0 Å². The summed E-state index contributed by atoms with van der Waals surface area (Å²) in [7, 11) is 0. The molecule has 1 aromatic rings. The number of aryl methyl sites for hydroxylation is 2. The molecule has 0 amide bonds. The summed E-state index contributed by atoms with van der Waals surface area (Å²) in [5.41, 5.74) is 9.75. The normalized spacial score (nSPS) is 25.9. The molecule has 21 heavy (non-hydrogen) atoms. The van der Waals surface area contributed by atoms with E-state index in [2.05, 4.69) is 54.2 Å². The van der Waals surface area contributed by atoms with Crippen molar-refractivity contribution in [3.05, 3.63) is 27.7 Å². The van der Waals surface area contributed by atoms with E-state index >= 15 is 0 Å². The Labute approximate surface area is 136 Å². The monoisotopic (exact) mass is 354 g/mol. The number of nitrogens with two attached hydrogens (primary N) is 1. The number of anilines is 1. The zero-order valence-corrected chi connectivity index (χ0v) is 14.9. The van der Waals surface area contributed by atoms with Gasteiger partial charge in [-0.05, 0) is 56.4 Å². The van der Waals surface area contributed by atoms with Crippen LogP contribution >= 0.6 is 15.9 Å². The van der Waals surface area contributed by atoms with Crippen molar-refractivity contribution in [3.8, 4) is 0 Å². The van der Waals surface area contributed by atoms with Crippen LogP contribution in [0.3, 0.4) is 0 Å². The lowest BCUT2D eigenvalue weighted by Crippen LogP contribution is -2.52. The molecular weight excluding hydrogens is 328 g/mol. The predicted octanol–water partition coefficient (Wildman–Crippen LogP) is 4.15. The zero-order valence-electron chi connectivity index (χ0n) is 13.3. The van der Waals surface area contributed by atoms with Gasteiger partial charge in [-0.1, -0.05) is 29.3 Å². The number of ether oxygens (including phenoxy) is 1. The highest BCUT2D eigenvalue weighted by Crippen LogP contribution is 2.32. The SMILES string of the molecule is CCCC1CC(CN)(Nc2cc(C)c(Br)c(C)c2)CCO1. The van der Waals surface area contributed by atoms with Crippen LogP contribution in [0.1, 0.15) is 43.7 Å². The molecule has 3 nitrogen and oxygen atoms in total. The highest BCUT2D eigenvalue weighted by molar-refractivity contribution is 9.10. The fraction of sp³-hybridized carbons (Fsp3) is 0.647. The number of hydrogen-bond donors (Lipinski definition) is 2. The van der Waals surface area contributed by atoms with Crippen molar-refractivity contribution in [2.75, 3.05) is 18.5 Å². The fourth-order valence-electron chi connectivity index (χ4n) is 3.20. The minimum Gasteiger partial charge on any atom is -0.378 e. The van der Waals surface area contributed by atoms with Crippen LogP contribution in [0.2, 0.25) is 0 Å². The highest BCUT2D eigenvalue weighted by Gasteiger charge is 2.35. The molecule has 1 saturated heterocycles. The van der Waals surface area contributed by atoms with Crippen LogP contribution in [0.4, 0.5) is 5.69 Å². The van der Waals surface area contributed by atoms with Crippen molar-refractivity contribution in [3.63, 3.8) is 0 Å². The summed E-state index contributed by atoms with van der Waals surface area (Å²) in [6.45, 7) is 7.90. The molecule has 1 heterocycles. The third-order valence-corrected chi connectivity index (χ3v) is 5.65. The lowest BCUT2D eigenvalue weighted by molar-refractivity contribution is -0.0155. The summed E-state index contributed by atoms with van der Waals surface area (Å²) in [6, 6.07) is 4.39. The van der Waals surface area contributed by atoms with Crippen molar-refractivity contribution < 1.29 is 4.74 Å². The van der Waals surface area contributed by atoms with E-state index in [4.69, 9.17) is 10.5 Å². The molecule has 1 aromatic carbocycles. The Morgan fingerprint density at radius 1 is 1.38 bits per heavy atom. The summed E-state index contributed by atoms with van der Waals surface area (Å²) < 4.78 is 7.06. The van der Waals surface area contributed by atoms with E-state index < -0.39 is 0 Å². The van der Waals surface area contributed by atoms with Crippen LogP contribution in [0.5, 0.6) is 0 Å². The van der Waals surface area contributed by atoms with Gasteiger partial charge in [-0.25, -0.2) is 0 Å². The van der Waals surface area contributed by atoms with E-state index in [9.17, 15) is 0 Å². The van der Waals surface area contributed by atoms with Crippen LogP contribution in [-0.4, -0.2) is 24.8 Å². The first kappa shape index (κ1) is 16.8.